The highest BCUT2D eigenvalue weighted by atomic mass is 16.5. The first-order chi connectivity index (χ1) is 12.1. The third-order valence-electron chi connectivity index (χ3n) is 5.54. The van der Waals surface area contributed by atoms with Crippen LogP contribution in [-0.2, 0) is 6.42 Å². The van der Waals surface area contributed by atoms with E-state index in [1.807, 2.05) is 7.05 Å². The Balaban J connectivity index is 1.34. The van der Waals surface area contributed by atoms with Gasteiger partial charge in [0.05, 0.1) is 0 Å². The molecule has 1 saturated heterocycles. The van der Waals surface area contributed by atoms with E-state index in [2.05, 4.69) is 20.4 Å². The second-order valence-corrected chi connectivity index (χ2v) is 7.53. The number of aryl methyl sites for hydroxylation is 1. The van der Waals surface area contributed by atoms with Crippen molar-refractivity contribution >= 4 is 6.03 Å². The second-order valence-electron chi connectivity index (χ2n) is 7.53. The number of nitrogens with zero attached hydrogens (tertiary/aromatic N) is 4. The van der Waals surface area contributed by atoms with Crippen molar-refractivity contribution in [2.45, 2.75) is 57.9 Å². The number of carbonyl (C=O) groups excluding carboxylic acids is 1. The van der Waals surface area contributed by atoms with E-state index < -0.39 is 0 Å². The summed E-state index contributed by atoms with van der Waals surface area (Å²) >= 11 is 0. The first-order valence-corrected chi connectivity index (χ1v) is 9.64. The SMILES string of the molecule is Cc1nc(CCN(C)C(=O)NC[C@@H]2CCN(C3CCCCC3)C2)no1. The molecule has 2 aliphatic rings. The Kier molecular flexibility index (Phi) is 6.29. The molecule has 0 unspecified atom stereocenters. The molecular weight excluding hydrogens is 318 g/mol. The first-order valence-electron chi connectivity index (χ1n) is 9.64. The molecule has 0 aromatic carbocycles. The van der Waals surface area contributed by atoms with Crippen LogP contribution in [0.3, 0.4) is 0 Å². The van der Waals surface area contributed by atoms with E-state index in [0.717, 1.165) is 19.1 Å². The van der Waals surface area contributed by atoms with E-state index in [0.29, 0.717) is 30.6 Å². The number of carbonyl (C=O) groups is 1. The normalized spacial score (nSPS) is 22.2. The lowest BCUT2D eigenvalue weighted by atomic mass is 9.94. The van der Waals surface area contributed by atoms with E-state index in [4.69, 9.17) is 4.52 Å². The summed E-state index contributed by atoms with van der Waals surface area (Å²) in [6, 6.07) is 0.770. The lowest BCUT2D eigenvalue weighted by Crippen LogP contribution is -2.41. The van der Waals surface area contributed by atoms with Crippen molar-refractivity contribution in [1.82, 2.24) is 25.3 Å². The average Bonchev–Trinajstić information content (AvgIpc) is 3.27. The van der Waals surface area contributed by atoms with Crippen LogP contribution in [0.25, 0.3) is 0 Å². The quantitative estimate of drug-likeness (QED) is 0.852. The van der Waals surface area contributed by atoms with Gasteiger partial charge in [-0.15, -0.1) is 0 Å². The van der Waals surface area contributed by atoms with Gasteiger partial charge < -0.3 is 19.6 Å². The summed E-state index contributed by atoms with van der Waals surface area (Å²) in [5.41, 5.74) is 0. The third kappa shape index (κ3) is 5.17. The van der Waals surface area contributed by atoms with Gasteiger partial charge in [-0.1, -0.05) is 24.4 Å². The summed E-state index contributed by atoms with van der Waals surface area (Å²) in [5.74, 6) is 1.79. The fourth-order valence-corrected chi connectivity index (χ4v) is 3.99. The highest BCUT2D eigenvalue weighted by molar-refractivity contribution is 5.73. The second kappa shape index (κ2) is 8.65. The van der Waals surface area contributed by atoms with Crippen molar-refractivity contribution in [3.05, 3.63) is 11.7 Å². The van der Waals surface area contributed by atoms with Crippen LogP contribution in [0.4, 0.5) is 4.79 Å². The largest absolute Gasteiger partial charge is 0.340 e. The number of hydrogen-bond donors (Lipinski definition) is 1. The van der Waals surface area contributed by atoms with Crippen LogP contribution < -0.4 is 5.32 Å². The zero-order valence-corrected chi connectivity index (χ0v) is 15.5. The predicted octanol–water partition coefficient (Wildman–Crippen LogP) is 2.22. The van der Waals surface area contributed by atoms with Crippen LogP contribution in [0.5, 0.6) is 0 Å². The molecule has 25 heavy (non-hydrogen) atoms. The van der Waals surface area contributed by atoms with Gasteiger partial charge in [0.25, 0.3) is 0 Å². The zero-order chi connectivity index (χ0) is 17.6. The number of urea groups is 1. The van der Waals surface area contributed by atoms with Crippen LogP contribution in [-0.4, -0.2) is 65.2 Å². The molecule has 1 saturated carbocycles. The van der Waals surface area contributed by atoms with Gasteiger partial charge in [-0.05, 0) is 31.7 Å². The van der Waals surface area contributed by atoms with Gasteiger partial charge in [0.2, 0.25) is 5.89 Å². The number of aromatic nitrogens is 2. The van der Waals surface area contributed by atoms with Gasteiger partial charge >= 0.3 is 6.03 Å². The van der Waals surface area contributed by atoms with Crippen molar-refractivity contribution in [1.29, 1.82) is 0 Å². The average molecular weight is 349 g/mol. The minimum absolute atomic E-state index is 0.0173. The third-order valence-corrected chi connectivity index (χ3v) is 5.54. The number of amides is 2. The van der Waals surface area contributed by atoms with E-state index >= 15 is 0 Å². The molecule has 140 valence electrons. The number of likely N-dealkylation sites (tertiary alicyclic amines) is 1. The molecule has 1 N–H and O–H groups in total. The molecule has 2 amide bonds. The molecule has 0 radical (unpaired) electrons. The van der Waals surface area contributed by atoms with Crippen molar-refractivity contribution < 1.29 is 9.32 Å². The summed E-state index contributed by atoms with van der Waals surface area (Å²) < 4.78 is 4.95. The van der Waals surface area contributed by atoms with Crippen molar-refractivity contribution in [3.63, 3.8) is 0 Å². The Bertz CT molecular complexity index is 555. The van der Waals surface area contributed by atoms with Gasteiger partial charge in [-0.2, -0.15) is 4.98 Å². The summed E-state index contributed by atoms with van der Waals surface area (Å²) in [6.45, 7) is 5.46. The molecule has 2 heterocycles. The lowest BCUT2D eigenvalue weighted by Gasteiger charge is -2.31. The van der Waals surface area contributed by atoms with Crippen LogP contribution in [0.1, 0.15) is 50.2 Å². The number of hydrogen-bond acceptors (Lipinski definition) is 5. The molecule has 0 bridgehead atoms. The van der Waals surface area contributed by atoms with Crippen LogP contribution in [0, 0.1) is 12.8 Å². The highest BCUT2D eigenvalue weighted by Crippen LogP contribution is 2.27. The smallest absolute Gasteiger partial charge is 0.317 e. The Labute approximate surface area is 150 Å². The fraction of sp³-hybridized carbons (Fsp3) is 0.833. The van der Waals surface area contributed by atoms with Gasteiger partial charge in [-0.3, -0.25) is 0 Å². The standard InChI is InChI=1S/C18H31N5O2/c1-14-20-17(21-25-14)9-10-22(2)18(24)19-12-15-8-11-23(13-15)16-6-4-3-5-7-16/h15-16H,3-13H2,1-2H3,(H,19,24)/t15-/m0/s1. The van der Waals surface area contributed by atoms with Gasteiger partial charge in [0, 0.05) is 46.1 Å². The molecule has 3 rings (SSSR count). The van der Waals surface area contributed by atoms with Crippen molar-refractivity contribution in [3.8, 4) is 0 Å². The van der Waals surface area contributed by atoms with Gasteiger partial charge in [-0.25, -0.2) is 4.79 Å². The molecule has 1 aromatic rings. The maximum absolute atomic E-state index is 12.2. The maximum Gasteiger partial charge on any atom is 0.317 e. The van der Waals surface area contributed by atoms with Crippen molar-refractivity contribution in [2.24, 2.45) is 5.92 Å². The molecule has 1 aliphatic heterocycles. The topological polar surface area (TPSA) is 74.5 Å². The van der Waals surface area contributed by atoms with E-state index in [9.17, 15) is 4.79 Å². The van der Waals surface area contributed by atoms with Crippen LogP contribution in [0.2, 0.25) is 0 Å². The molecule has 1 aromatic heterocycles. The minimum atomic E-state index is -0.0173. The molecule has 7 heteroatoms. The summed E-state index contributed by atoms with van der Waals surface area (Å²) in [6.07, 6.45) is 8.69. The summed E-state index contributed by atoms with van der Waals surface area (Å²) in [4.78, 5) is 20.8. The fourth-order valence-electron chi connectivity index (χ4n) is 3.99. The number of likely N-dealkylation sites (N-methyl/N-ethyl adjacent to an activating group) is 1. The maximum atomic E-state index is 12.2. The number of rotatable bonds is 6. The van der Waals surface area contributed by atoms with Gasteiger partial charge in [0.15, 0.2) is 5.82 Å². The Morgan fingerprint density at radius 1 is 1.32 bits per heavy atom. The van der Waals surface area contributed by atoms with E-state index in [-0.39, 0.29) is 6.03 Å². The minimum Gasteiger partial charge on any atom is -0.340 e. The predicted molar refractivity (Wildman–Crippen MR) is 95.3 cm³/mol. The van der Waals surface area contributed by atoms with Crippen molar-refractivity contribution in [2.75, 3.05) is 33.2 Å². The molecule has 2 fully saturated rings. The molecule has 1 aliphatic carbocycles. The number of nitrogens with one attached hydrogen (secondary N) is 1. The Hall–Kier alpha value is -1.63. The summed E-state index contributed by atoms with van der Waals surface area (Å²) in [5, 5.41) is 6.94. The molecule has 7 nitrogen and oxygen atoms in total. The highest BCUT2D eigenvalue weighted by Gasteiger charge is 2.29. The van der Waals surface area contributed by atoms with Gasteiger partial charge in [0.1, 0.15) is 0 Å². The summed E-state index contributed by atoms with van der Waals surface area (Å²) in [7, 11) is 1.81. The Morgan fingerprint density at radius 2 is 2.12 bits per heavy atom. The molecule has 1 atom stereocenters. The lowest BCUT2D eigenvalue weighted by molar-refractivity contribution is 0.183. The Morgan fingerprint density at radius 3 is 2.84 bits per heavy atom. The zero-order valence-electron chi connectivity index (χ0n) is 15.5. The van der Waals surface area contributed by atoms with Crippen LogP contribution in [0.15, 0.2) is 4.52 Å². The van der Waals surface area contributed by atoms with Crippen LogP contribution >= 0.6 is 0 Å². The van der Waals surface area contributed by atoms with E-state index in [1.165, 1.54) is 45.1 Å². The molecule has 0 spiro atoms. The molecular formula is C18H31N5O2. The first kappa shape index (κ1) is 18.2. The monoisotopic (exact) mass is 349 g/mol. The van der Waals surface area contributed by atoms with E-state index in [1.54, 1.807) is 11.8 Å².